The van der Waals surface area contributed by atoms with Crippen LogP contribution in [0.3, 0.4) is 0 Å². The minimum atomic E-state index is 0.315. The predicted octanol–water partition coefficient (Wildman–Crippen LogP) is 2.24. The zero-order valence-electron chi connectivity index (χ0n) is 10.1. The second-order valence-corrected chi connectivity index (χ2v) is 4.88. The Bertz CT molecular complexity index is 170. The van der Waals surface area contributed by atoms with Gasteiger partial charge in [-0.15, -0.1) is 0 Å². The zero-order chi connectivity index (χ0) is 10.6. The molecule has 0 aromatic carbocycles. The smallest absolute Gasteiger partial charge is 0.0354 e. The predicted molar refractivity (Wildman–Crippen MR) is 62.3 cm³/mol. The highest BCUT2D eigenvalue weighted by molar-refractivity contribution is 4.99. The number of nitrogens with zero attached hydrogens (tertiary/aromatic N) is 1. The molecule has 0 bridgehead atoms. The topological polar surface area (TPSA) is 29.3 Å². The minimum absolute atomic E-state index is 0.315. The first kappa shape index (κ1) is 12.0. The lowest BCUT2D eigenvalue weighted by atomic mass is 9.86. The molecule has 1 aliphatic rings. The van der Waals surface area contributed by atoms with E-state index in [-0.39, 0.29) is 0 Å². The van der Waals surface area contributed by atoms with Crippen LogP contribution in [0.2, 0.25) is 0 Å². The number of likely N-dealkylation sites (N-methyl/N-ethyl adjacent to an activating group) is 1. The zero-order valence-corrected chi connectivity index (χ0v) is 10.1. The number of unbranched alkanes of at least 4 members (excludes halogenated alkanes) is 1. The molecule has 2 N–H and O–H groups in total. The Morgan fingerprint density at radius 1 is 1.50 bits per heavy atom. The molecule has 14 heavy (non-hydrogen) atoms. The largest absolute Gasteiger partial charge is 0.329 e. The summed E-state index contributed by atoms with van der Waals surface area (Å²) in [6.07, 6.45) is 6.58. The van der Waals surface area contributed by atoms with E-state index < -0.39 is 0 Å². The van der Waals surface area contributed by atoms with Crippen LogP contribution in [-0.2, 0) is 0 Å². The molecule has 0 spiro atoms. The van der Waals surface area contributed by atoms with Crippen molar-refractivity contribution in [2.45, 2.75) is 51.5 Å². The van der Waals surface area contributed by atoms with Gasteiger partial charge in [0.2, 0.25) is 0 Å². The van der Waals surface area contributed by atoms with Gasteiger partial charge in [-0.3, -0.25) is 4.90 Å². The molecule has 1 saturated carbocycles. The average Bonchev–Trinajstić information content (AvgIpc) is 2.57. The van der Waals surface area contributed by atoms with E-state index in [0.29, 0.717) is 5.54 Å². The van der Waals surface area contributed by atoms with Crippen molar-refractivity contribution in [3.63, 3.8) is 0 Å². The number of rotatable bonds is 5. The van der Waals surface area contributed by atoms with Gasteiger partial charge in [0.15, 0.2) is 0 Å². The van der Waals surface area contributed by atoms with E-state index in [0.717, 1.165) is 12.5 Å². The first-order valence-corrected chi connectivity index (χ1v) is 6.08. The van der Waals surface area contributed by atoms with Gasteiger partial charge in [0.05, 0.1) is 0 Å². The summed E-state index contributed by atoms with van der Waals surface area (Å²) in [4.78, 5) is 2.52. The van der Waals surface area contributed by atoms with E-state index in [4.69, 9.17) is 5.73 Å². The summed E-state index contributed by atoms with van der Waals surface area (Å²) in [5.41, 5.74) is 6.30. The van der Waals surface area contributed by atoms with Gasteiger partial charge in [-0.2, -0.15) is 0 Å². The molecule has 0 saturated heterocycles. The normalized spacial score (nSPS) is 32.8. The number of hydrogen-bond acceptors (Lipinski definition) is 2. The molecule has 2 nitrogen and oxygen atoms in total. The van der Waals surface area contributed by atoms with Crippen molar-refractivity contribution in [1.29, 1.82) is 0 Å². The highest BCUT2D eigenvalue weighted by Gasteiger charge is 2.41. The SMILES string of the molecule is CCCCN(C)C1(CN)CCCC1C. The van der Waals surface area contributed by atoms with Crippen molar-refractivity contribution in [1.82, 2.24) is 4.90 Å². The summed E-state index contributed by atoms with van der Waals surface area (Å²) < 4.78 is 0. The first-order valence-electron chi connectivity index (χ1n) is 6.08. The molecule has 1 rings (SSSR count). The van der Waals surface area contributed by atoms with E-state index in [1.54, 1.807) is 0 Å². The van der Waals surface area contributed by atoms with E-state index >= 15 is 0 Å². The molecule has 0 amide bonds. The summed E-state index contributed by atoms with van der Waals surface area (Å²) in [5.74, 6) is 0.773. The second-order valence-electron chi connectivity index (χ2n) is 4.88. The fourth-order valence-corrected chi connectivity index (χ4v) is 2.87. The van der Waals surface area contributed by atoms with Crippen molar-refractivity contribution in [2.75, 3.05) is 20.1 Å². The number of nitrogens with two attached hydrogens (primary N) is 1. The van der Waals surface area contributed by atoms with Gasteiger partial charge in [0.1, 0.15) is 0 Å². The van der Waals surface area contributed by atoms with Gasteiger partial charge in [-0.25, -0.2) is 0 Å². The van der Waals surface area contributed by atoms with Gasteiger partial charge in [0.25, 0.3) is 0 Å². The van der Waals surface area contributed by atoms with Crippen LogP contribution in [0.4, 0.5) is 0 Å². The third-order valence-corrected chi connectivity index (χ3v) is 4.12. The fourth-order valence-electron chi connectivity index (χ4n) is 2.87. The van der Waals surface area contributed by atoms with Crippen molar-refractivity contribution in [3.05, 3.63) is 0 Å². The standard InChI is InChI=1S/C12H26N2/c1-4-5-9-14(3)12(10-13)8-6-7-11(12)2/h11H,4-10,13H2,1-3H3. The molecule has 1 aliphatic carbocycles. The summed E-state index contributed by atoms with van der Waals surface area (Å²) in [5, 5.41) is 0. The summed E-state index contributed by atoms with van der Waals surface area (Å²) in [7, 11) is 2.25. The average molecular weight is 198 g/mol. The van der Waals surface area contributed by atoms with Gasteiger partial charge >= 0.3 is 0 Å². The van der Waals surface area contributed by atoms with E-state index in [2.05, 4.69) is 25.8 Å². The van der Waals surface area contributed by atoms with Crippen molar-refractivity contribution in [2.24, 2.45) is 11.7 Å². The lowest BCUT2D eigenvalue weighted by Gasteiger charge is -2.41. The van der Waals surface area contributed by atoms with Crippen molar-refractivity contribution in [3.8, 4) is 0 Å². The molecule has 0 aromatic heterocycles. The van der Waals surface area contributed by atoms with Crippen LogP contribution in [0.25, 0.3) is 0 Å². The summed E-state index contributed by atoms with van der Waals surface area (Å²) in [6.45, 7) is 6.65. The van der Waals surface area contributed by atoms with Crippen LogP contribution in [-0.4, -0.2) is 30.6 Å². The third kappa shape index (κ3) is 2.12. The Labute approximate surface area is 88.8 Å². The Morgan fingerprint density at radius 3 is 2.64 bits per heavy atom. The van der Waals surface area contributed by atoms with E-state index in [1.165, 1.54) is 38.6 Å². The van der Waals surface area contributed by atoms with Gasteiger partial charge in [-0.05, 0) is 38.8 Å². The lowest BCUT2D eigenvalue weighted by molar-refractivity contribution is 0.0900. The van der Waals surface area contributed by atoms with Crippen LogP contribution >= 0.6 is 0 Å². The molecule has 0 aliphatic heterocycles. The Balaban J connectivity index is 2.58. The molecule has 0 heterocycles. The number of hydrogen-bond donors (Lipinski definition) is 1. The Hall–Kier alpha value is -0.0800. The maximum absolute atomic E-state index is 5.99. The molecule has 2 unspecified atom stereocenters. The lowest BCUT2D eigenvalue weighted by Crippen LogP contribution is -2.54. The van der Waals surface area contributed by atoms with Crippen LogP contribution in [0.5, 0.6) is 0 Å². The van der Waals surface area contributed by atoms with Gasteiger partial charge < -0.3 is 5.73 Å². The molecule has 2 atom stereocenters. The van der Waals surface area contributed by atoms with E-state index in [9.17, 15) is 0 Å². The van der Waals surface area contributed by atoms with E-state index in [1.807, 2.05) is 0 Å². The quantitative estimate of drug-likeness (QED) is 0.734. The molecule has 84 valence electrons. The van der Waals surface area contributed by atoms with Gasteiger partial charge in [0, 0.05) is 12.1 Å². The fraction of sp³-hybridized carbons (Fsp3) is 1.00. The molecular weight excluding hydrogens is 172 g/mol. The van der Waals surface area contributed by atoms with Crippen molar-refractivity contribution >= 4 is 0 Å². The highest BCUT2D eigenvalue weighted by atomic mass is 15.2. The maximum Gasteiger partial charge on any atom is 0.0354 e. The molecular formula is C12H26N2. The first-order chi connectivity index (χ1) is 6.67. The maximum atomic E-state index is 5.99. The Kier molecular flexibility index (Phi) is 4.39. The minimum Gasteiger partial charge on any atom is -0.329 e. The van der Waals surface area contributed by atoms with Crippen LogP contribution in [0.15, 0.2) is 0 Å². The van der Waals surface area contributed by atoms with Crippen molar-refractivity contribution < 1.29 is 0 Å². The molecule has 0 aromatic rings. The Morgan fingerprint density at radius 2 is 2.21 bits per heavy atom. The van der Waals surface area contributed by atoms with Crippen LogP contribution in [0, 0.1) is 5.92 Å². The monoisotopic (exact) mass is 198 g/mol. The molecule has 1 fully saturated rings. The third-order valence-electron chi connectivity index (χ3n) is 4.12. The van der Waals surface area contributed by atoms with Crippen LogP contribution in [0.1, 0.15) is 46.0 Å². The highest BCUT2D eigenvalue weighted by Crippen LogP contribution is 2.38. The summed E-state index contributed by atoms with van der Waals surface area (Å²) >= 11 is 0. The second kappa shape index (κ2) is 5.13. The summed E-state index contributed by atoms with van der Waals surface area (Å²) in [6, 6.07) is 0. The molecule has 2 heteroatoms. The van der Waals surface area contributed by atoms with Crippen LogP contribution < -0.4 is 5.73 Å². The van der Waals surface area contributed by atoms with Gasteiger partial charge in [-0.1, -0.05) is 26.7 Å². The molecule has 0 radical (unpaired) electrons.